The number of hydrogen-bond donors (Lipinski definition) is 0. The molecule has 146 valence electrons. The first-order valence-electron chi connectivity index (χ1n) is 8.53. The molecule has 27 heavy (non-hydrogen) atoms. The highest BCUT2D eigenvalue weighted by Crippen LogP contribution is 2.45. The van der Waals surface area contributed by atoms with Gasteiger partial charge in [0, 0.05) is 12.0 Å². The third kappa shape index (κ3) is 3.54. The molecule has 1 unspecified atom stereocenters. The van der Waals surface area contributed by atoms with Crippen molar-refractivity contribution in [3.8, 4) is 0 Å². The molecule has 0 fully saturated rings. The minimum Gasteiger partial charge on any atom is -0.468 e. The van der Waals surface area contributed by atoms with Crippen molar-refractivity contribution >= 4 is 23.7 Å². The highest BCUT2D eigenvalue weighted by atomic mass is 16.6. The molecule has 1 heterocycles. The molecule has 1 aliphatic heterocycles. The third-order valence-electron chi connectivity index (χ3n) is 4.40. The minimum absolute atomic E-state index is 0.0634. The monoisotopic (exact) mass is 375 g/mol. The van der Waals surface area contributed by atoms with Gasteiger partial charge in [-0.3, -0.25) is 14.5 Å². The van der Waals surface area contributed by atoms with Gasteiger partial charge in [-0.15, -0.1) is 6.58 Å². The standard InChI is InChI=1S/C20H25NO6/c1-7-13-12-20(16(22)25-5,17(23)26-6)14-10-8-9-11-15(14)21(13)18(24)27-19(2,3)4/h7-11,13H,1,12H2,2-6H3. The Morgan fingerprint density at radius 1 is 1.15 bits per heavy atom. The van der Waals surface area contributed by atoms with E-state index in [1.165, 1.54) is 25.2 Å². The molecule has 0 radical (unpaired) electrons. The second-order valence-corrected chi connectivity index (χ2v) is 7.26. The minimum atomic E-state index is -1.70. The average Bonchev–Trinajstić information content (AvgIpc) is 2.63. The summed E-state index contributed by atoms with van der Waals surface area (Å²) in [5, 5.41) is 0. The lowest BCUT2D eigenvalue weighted by Crippen LogP contribution is -2.56. The zero-order valence-corrected chi connectivity index (χ0v) is 16.3. The molecule has 0 aromatic heterocycles. The van der Waals surface area contributed by atoms with E-state index >= 15 is 0 Å². The highest BCUT2D eigenvalue weighted by molar-refractivity contribution is 6.10. The van der Waals surface area contributed by atoms with Gasteiger partial charge in [0.15, 0.2) is 5.41 Å². The Balaban J connectivity index is 2.71. The van der Waals surface area contributed by atoms with E-state index in [4.69, 9.17) is 14.2 Å². The Hall–Kier alpha value is -2.83. The molecule has 1 amide bonds. The van der Waals surface area contributed by atoms with E-state index in [-0.39, 0.29) is 6.42 Å². The van der Waals surface area contributed by atoms with Gasteiger partial charge >= 0.3 is 18.0 Å². The number of ether oxygens (including phenoxy) is 3. The summed E-state index contributed by atoms with van der Waals surface area (Å²) in [6, 6.07) is 5.98. The summed E-state index contributed by atoms with van der Waals surface area (Å²) in [4.78, 5) is 39.7. The van der Waals surface area contributed by atoms with E-state index in [0.29, 0.717) is 11.3 Å². The third-order valence-corrected chi connectivity index (χ3v) is 4.40. The van der Waals surface area contributed by atoms with Crippen LogP contribution in [0, 0.1) is 0 Å². The van der Waals surface area contributed by atoms with Crippen LogP contribution in [0.25, 0.3) is 0 Å². The van der Waals surface area contributed by atoms with Crippen LogP contribution < -0.4 is 4.90 Å². The molecule has 1 atom stereocenters. The molecule has 0 saturated carbocycles. The van der Waals surface area contributed by atoms with Crippen LogP contribution in [0.3, 0.4) is 0 Å². The maximum Gasteiger partial charge on any atom is 0.415 e. The molecule has 0 aliphatic carbocycles. The van der Waals surface area contributed by atoms with Crippen LogP contribution in [0.1, 0.15) is 32.8 Å². The zero-order valence-electron chi connectivity index (χ0n) is 16.3. The van der Waals surface area contributed by atoms with Crippen LogP contribution in [-0.4, -0.2) is 43.9 Å². The van der Waals surface area contributed by atoms with Crippen LogP contribution in [0.5, 0.6) is 0 Å². The number of esters is 2. The largest absolute Gasteiger partial charge is 0.468 e. The maximum atomic E-state index is 12.9. The number of anilines is 1. The van der Waals surface area contributed by atoms with Gasteiger partial charge < -0.3 is 14.2 Å². The van der Waals surface area contributed by atoms with Gasteiger partial charge in [-0.2, -0.15) is 0 Å². The summed E-state index contributed by atoms with van der Waals surface area (Å²) in [5.74, 6) is -1.50. The van der Waals surface area contributed by atoms with Gasteiger partial charge in [0.25, 0.3) is 0 Å². The molecule has 1 aliphatic rings. The topological polar surface area (TPSA) is 82.1 Å². The van der Waals surface area contributed by atoms with Crippen LogP contribution >= 0.6 is 0 Å². The van der Waals surface area contributed by atoms with Crippen molar-refractivity contribution < 1.29 is 28.6 Å². The molecule has 7 heteroatoms. The number of hydrogen-bond acceptors (Lipinski definition) is 6. The van der Waals surface area contributed by atoms with Gasteiger partial charge in [0.05, 0.1) is 25.9 Å². The summed E-state index contributed by atoms with van der Waals surface area (Å²) in [6.45, 7) is 9.05. The quantitative estimate of drug-likeness (QED) is 0.350. The van der Waals surface area contributed by atoms with Crippen molar-refractivity contribution in [3.05, 3.63) is 42.5 Å². The second-order valence-electron chi connectivity index (χ2n) is 7.26. The molecule has 0 spiro atoms. The van der Waals surface area contributed by atoms with Gasteiger partial charge in [-0.1, -0.05) is 24.3 Å². The SMILES string of the molecule is C=CC1CC(C(=O)OC)(C(=O)OC)c2ccccc2N1C(=O)OC(C)(C)C. The Morgan fingerprint density at radius 2 is 1.70 bits per heavy atom. The predicted octanol–water partition coefficient (Wildman–Crippen LogP) is 2.97. The lowest BCUT2D eigenvalue weighted by molar-refractivity contribution is -0.162. The molecule has 1 aromatic carbocycles. The highest BCUT2D eigenvalue weighted by Gasteiger charge is 2.57. The summed E-state index contributed by atoms with van der Waals surface area (Å²) < 4.78 is 15.4. The smallest absolute Gasteiger partial charge is 0.415 e. The summed E-state index contributed by atoms with van der Waals surface area (Å²) in [5.41, 5.74) is -1.71. The van der Waals surface area contributed by atoms with Gasteiger partial charge in [0.2, 0.25) is 0 Å². The number of rotatable bonds is 3. The van der Waals surface area contributed by atoms with Crippen LogP contribution in [0.15, 0.2) is 36.9 Å². The van der Waals surface area contributed by atoms with E-state index < -0.39 is 35.1 Å². The molecular weight excluding hydrogens is 350 g/mol. The van der Waals surface area contributed by atoms with E-state index in [2.05, 4.69) is 6.58 Å². The van der Waals surface area contributed by atoms with Crippen molar-refractivity contribution in [2.45, 2.75) is 44.2 Å². The number of fused-ring (bicyclic) bond motifs is 1. The Bertz CT molecular complexity index is 748. The number of para-hydroxylation sites is 1. The van der Waals surface area contributed by atoms with E-state index in [0.717, 1.165) is 0 Å². The average molecular weight is 375 g/mol. The van der Waals surface area contributed by atoms with Crippen molar-refractivity contribution in [2.24, 2.45) is 0 Å². The summed E-state index contributed by atoms with van der Waals surface area (Å²) in [7, 11) is 2.41. The van der Waals surface area contributed by atoms with Crippen molar-refractivity contribution in [2.75, 3.05) is 19.1 Å². The number of amides is 1. The fraction of sp³-hybridized carbons (Fsp3) is 0.450. The summed E-state index contributed by atoms with van der Waals surface area (Å²) >= 11 is 0. The number of benzene rings is 1. The predicted molar refractivity (Wildman–Crippen MR) is 99.5 cm³/mol. The molecule has 0 bridgehead atoms. The van der Waals surface area contributed by atoms with Crippen molar-refractivity contribution in [3.63, 3.8) is 0 Å². The van der Waals surface area contributed by atoms with Crippen molar-refractivity contribution in [1.82, 2.24) is 0 Å². The van der Waals surface area contributed by atoms with E-state index in [9.17, 15) is 14.4 Å². The number of methoxy groups -OCH3 is 2. The maximum absolute atomic E-state index is 12.9. The van der Waals surface area contributed by atoms with Gasteiger partial charge in [-0.05, 0) is 26.8 Å². The second kappa shape index (κ2) is 7.42. The van der Waals surface area contributed by atoms with Crippen molar-refractivity contribution in [1.29, 1.82) is 0 Å². The van der Waals surface area contributed by atoms with Gasteiger partial charge in [0.1, 0.15) is 5.60 Å². The zero-order chi connectivity index (χ0) is 20.4. The first-order chi connectivity index (χ1) is 12.6. The number of carbonyl (C=O) groups is 3. The Labute approximate surface area is 158 Å². The Morgan fingerprint density at radius 3 is 2.19 bits per heavy atom. The molecule has 0 saturated heterocycles. The number of carbonyl (C=O) groups excluding carboxylic acids is 3. The molecule has 7 nitrogen and oxygen atoms in total. The molecule has 1 aromatic rings. The molecule has 0 N–H and O–H groups in total. The first-order valence-corrected chi connectivity index (χ1v) is 8.53. The van der Waals surface area contributed by atoms with Crippen LogP contribution in [-0.2, 0) is 29.2 Å². The van der Waals surface area contributed by atoms with Crippen LogP contribution in [0.4, 0.5) is 10.5 Å². The lowest BCUT2D eigenvalue weighted by atomic mass is 9.71. The molecular formula is C20H25NO6. The fourth-order valence-corrected chi connectivity index (χ4v) is 3.29. The Kier molecular flexibility index (Phi) is 5.63. The van der Waals surface area contributed by atoms with Gasteiger partial charge in [-0.25, -0.2) is 4.79 Å². The molecule has 2 rings (SSSR count). The van der Waals surface area contributed by atoms with E-state index in [1.807, 2.05) is 0 Å². The van der Waals surface area contributed by atoms with E-state index in [1.54, 1.807) is 45.0 Å². The first kappa shape index (κ1) is 20.5. The number of nitrogens with zero attached hydrogens (tertiary/aromatic N) is 1. The lowest BCUT2D eigenvalue weighted by Gasteiger charge is -2.43. The van der Waals surface area contributed by atoms with Crippen LogP contribution in [0.2, 0.25) is 0 Å². The fourth-order valence-electron chi connectivity index (χ4n) is 3.29. The normalized spacial score (nSPS) is 18.1. The summed E-state index contributed by atoms with van der Waals surface area (Å²) in [6.07, 6.45) is 0.843.